The Hall–Kier alpha value is -1.40. The van der Waals surface area contributed by atoms with Gasteiger partial charge < -0.3 is 5.32 Å². The molecule has 1 aromatic rings. The molecule has 0 bridgehead atoms. The second-order valence-corrected chi connectivity index (χ2v) is 3.37. The SMILES string of the molecule is Fc1ccc(NCCCC(F)(F)F)c(F)c1F. The zero-order valence-corrected chi connectivity index (χ0v) is 8.54. The van der Waals surface area contributed by atoms with Crippen molar-refractivity contribution in [3.05, 3.63) is 29.6 Å². The Morgan fingerprint density at radius 3 is 2.24 bits per heavy atom. The molecular weight excluding hydrogens is 248 g/mol. The molecule has 1 rings (SSSR count). The van der Waals surface area contributed by atoms with Crippen molar-refractivity contribution in [1.29, 1.82) is 0 Å². The third-order valence-electron chi connectivity index (χ3n) is 1.99. The molecule has 1 aromatic carbocycles. The zero-order valence-electron chi connectivity index (χ0n) is 8.54. The molecule has 0 aliphatic carbocycles. The minimum Gasteiger partial charge on any atom is -0.383 e. The largest absolute Gasteiger partial charge is 0.389 e. The fourth-order valence-electron chi connectivity index (χ4n) is 1.17. The summed E-state index contributed by atoms with van der Waals surface area (Å²) in [6.45, 7) is -0.179. The summed E-state index contributed by atoms with van der Waals surface area (Å²) in [5.41, 5.74) is -0.355. The standard InChI is InChI=1S/C10H9F6N/c11-6-2-3-7(9(13)8(6)12)17-5-1-4-10(14,15)16/h2-3,17H,1,4-5H2. The van der Waals surface area contributed by atoms with E-state index < -0.39 is 30.0 Å². The lowest BCUT2D eigenvalue weighted by Gasteiger charge is -2.09. The van der Waals surface area contributed by atoms with Gasteiger partial charge in [-0.25, -0.2) is 13.2 Å². The first-order chi connectivity index (χ1) is 7.81. The Kier molecular flexibility index (Phi) is 4.25. The predicted molar refractivity (Wildman–Crippen MR) is 50.1 cm³/mol. The van der Waals surface area contributed by atoms with Crippen LogP contribution in [0.2, 0.25) is 0 Å². The minimum absolute atomic E-state index is 0.179. The molecule has 0 amide bonds. The maximum Gasteiger partial charge on any atom is 0.389 e. The van der Waals surface area contributed by atoms with Gasteiger partial charge in [-0.05, 0) is 18.6 Å². The maximum absolute atomic E-state index is 13.0. The molecule has 17 heavy (non-hydrogen) atoms. The third-order valence-corrected chi connectivity index (χ3v) is 1.99. The van der Waals surface area contributed by atoms with E-state index >= 15 is 0 Å². The molecule has 1 N–H and O–H groups in total. The Morgan fingerprint density at radius 2 is 1.65 bits per heavy atom. The molecule has 0 saturated heterocycles. The van der Waals surface area contributed by atoms with Crippen LogP contribution in [0.3, 0.4) is 0 Å². The molecule has 0 spiro atoms. The number of hydrogen-bond acceptors (Lipinski definition) is 1. The molecule has 96 valence electrons. The normalized spacial score (nSPS) is 11.6. The van der Waals surface area contributed by atoms with Gasteiger partial charge in [0.2, 0.25) is 0 Å². The van der Waals surface area contributed by atoms with Crippen LogP contribution in [0.15, 0.2) is 12.1 Å². The summed E-state index contributed by atoms with van der Waals surface area (Å²) in [5.74, 6) is -4.42. The number of nitrogens with one attached hydrogen (secondary N) is 1. The van der Waals surface area contributed by atoms with Gasteiger partial charge in [-0.2, -0.15) is 13.2 Å². The van der Waals surface area contributed by atoms with E-state index in [1.165, 1.54) is 0 Å². The highest BCUT2D eigenvalue weighted by Crippen LogP contribution is 2.22. The molecule has 0 aromatic heterocycles. The van der Waals surface area contributed by atoms with Crippen LogP contribution >= 0.6 is 0 Å². The van der Waals surface area contributed by atoms with Crippen LogP contribution in [0, 0.1) is 17.5 Å². The predicted octanol–water partition coefficient (Wildman–Crippen LogP) is 3.86. The van der Waals surface area contributed by atoms with Crippen LogP contribution in [-0.4, -0.2) is 12.7 Å². The molecule has 0 heterocycles. The topological polar surface area (TPSA) is 12.0 Å². The quantitative estimate of drug-likeness (QED) is 0.490. The number of halogens is 6. The van der Waals surface area contributed by atoms with Gasteiger partial charge >= 0.3 is 6.18 Å². The van der Waals surface area contributed by atoms with Gasteiger partial charge in [0.15, 0.2) is 17.5 Å². The van der Waals surface area contributed by atoms with Crippen molar-refractivity contribution in [3.63, 3.8) is 0 Å². The van der Waals surface area contributed by atoms with Crippen molar-refractivity contribution in [2.24, 2.45) is 0 Å². The first-order valence-corrected chi connectivity index (χ1v) is 4.75. The van der Waals surface area contributed by atoms with E-state index in [2.05, 4.69) is 5.32 Å². The van der Waals surface area contributed by atoms with Gasteiger partial charge in [-0.15, -0.1) is 0 Å². The van der Waals surface area contributed by atoms with Gasteiger partial charge in [0.1, 0.15) is 0 Å². The molecule has 0 radical (unpaired) electrons. The molecule has 1 nitrogen and oxygen atoms in total. The van der Waals surface area contributed by atoms with Crippen LogP contribution in [-0.2, 0) is 0 Å². The van der Waals surface area contributed by atoms with Crippen LogP contribution < -0.4 is 5.32 Å². The number of alkyl halides is 3. The number of rotatable bonds is 4. The molecule has 0 saturated carbocycles. The van der Waals surface area contributed by atoms with Crippen molar-refractivity contribution >= 4 is 5.69 Å². The highest BCUT2D eigenvalue weighted by molar-refractivity contribution is 5.45. The van der Waals surface area contributed by atoms with E-state index in [9.17, 15) is 26.3 Å². The lowest BCUT2D eigenvalue weighted by atomic mass is 10.2. The smallest absolute Gasteiger partial charge is 0.383 e. The van der Waals surface area contributed by atoms with Crippen LogP contribution in [0.1, 0.15) is 12.8 Å². The first kappa shape index (κ1) is 13.7. The van der Waals surface area contributed by atoms with Gasteiger partial charge in [-0.1, -0.05) is 0 Å². The summed E-state index contributed by atoms with van der Waals surface area (Å²) in [5, 5.41) is 2.27. The van der Waals surface area contributed by atoms with Crippen LogP contribution in [0.4, 0.5) is 32.0 Å². The van der Waals surface area contributed by atoms with E-state index in [1.807, 2.05) is 0 Å². The maximum atomic E-state index is 13.0. The fraction of sp³-hybridized carbons (Fsp3) is 0.400. The van der Waals surface area contributed by atoms with E-state index in [1.54, 1.807) is 0 Å². The summed E-state index contributed by atoms with van der Waals surface area (Å²) >= 11 is 0. The highest BCUT2D eigenvalue weighted by atomic mass is 19.4. The molecule has 0 fully saturated rings. The molecule has 0 aliphatic rings. The van der Waals surface area contributed by atoms with Crippen molar-refractivity contribution < 1.29 is 26.3 Å². The van der Waals surface area contributed by atoms with Crippen LogP contribution in [0.25, 0.3) is 0 Å². The number of hydrogen-bond donors (Lipinski definition) is 1. The van der Waals surface area contributed by atoms with Gasteiger partial charge in [0.25, 0.3) is 0 Å². The molecular formula is C10H9F6N. The van der Waals surface area contributed by atoms with E-state index in [4.69, 9.17) is 0 Å². The fourth-order valence-corrected chi connectivity index (χ4v) is 1.17. The molecule has 0 unspecified atom stereocenters. The summed E-state index contributed by atoms with van der Waals surface area (Å²) in [6, 6.07) is 1.63. The van der Waals surface area contributed by atoms with E-state index in [0.717, 1.165) is 6.07 Å². The summed E-state index contributed by atoms with van der Waals surface area (Å²) in [7, 11) is 0. The Labute approximate surface area is 93.4 Å². The van der Waals surface area contributed by atoms with Crippen molar-refractivity contribution in [3.8, 4) is 0 Å². The Bertz CT molecular complexity index is 387. The number of benzene rings is 1. The van der Waals surface area contributed by atoms with Crippen molar-refractivity contribution in [2.75, 3.05) is 11.9 Å². The zero-order chi connectivity index (χ0) is 13.1. The van der Waals surface area contributed by atoms with Crippen LogP contribution in [0.5, 0.6) is 0 Å². The second kappa shape index (κ2) is 5.29. The van der Waals surface area contributed by atoms with Gasteiger partial charge in [0, 0.05) is 13.0 Å². The van der Waals surface area contributed by atoms with Gasteiger partial charge in [0.05, 0.1) is 5.69 Å². The summed E-state index contributed by atoms with van der Waals surface area (Å²) in [6.07, 6.45) is -5.58. The first-order valence-electron chi connectivity index (χ1n) is 4.75. The van der Waals surface area contributed by atoms with E-state index in [-0.39, 0.29) is 18.7 Å². The lowest BCUT2D eigenvalue weighted by Crippen LogP contribution is -2.11. The molecule has 0 atom stereocenters. The average Bonchev–Trinajstić information content (AvgIpc) is 2.22. The second-order valence-electron chi connectivity index (χ2n) is 3.37. The minimum atomic E-state index is -4.28. The van der Waals surface area contributed by atoms with E-state index in [0.29, 0.717) is 6.07 Å². The Balaban J connectivity index is 2.51. The summed E-state index contributed by atoms with van der Waals surface area (Å²) in [4.78, 5) is 0. The average molecular weight is 257 g/mol. The van der Waals surface area contributed by atoms with Gasteiger partial charge in [-0.3, -0.25) is 0 Å². The Morgan fingerprint density at radius 1 is 1.00 bits per heavy atom. The lowest BCUT2D eigenvalue weighted by molar-refractivity contribution is -0.134. The third kappa shape index (κ3) is 4.16. The van der Waals surface area contributed by atoms with Crippen molar-refractivity contribution in [2.45, 2.75) is 19.0 Å². The number of anilines is 1. The summed E-state index contributed by atoms with van der Waals surface area (Å²) < 4.78 is 73.6. The van der Waals surface area contributed by atoms with Crippen molar-refractivity contribution in [1.82, 2.24) is 0 Å². The molecule has 7 heteroatoms. The highest BCUT2D eigenvalue weighted by Gasteiger charge is 2.25. The monoisotopic (exact) mass is 257 g/mol. The molecule has 0 aliphatic heterocycles.